The lowest BCUT2D eigenvalue weighted by molar-refractivity contribution is -0.166. The summed E-state index contributed by atoms with van der Waals surface area (Å²) in [4.78, 5) is 13.6. The molecule has 0 spiro atoms. The smallest absolute Gasteiger partial charge is 0.312 e. The Morgan fingerprint density at radius 2 is 2.00 bits per heavy atom. The van der Waals surface area contributed by atoms with Crippen LogP contribution in [-0.2, 0) is 4.79 Å². The van der Waals surface area contributed by atoms with Crippen molar-refractivity contribution in [1.82, 2.24) is 4.90 Å². The van der Waals surface area contributed by atoms with Gasteiger partial charge in [-0.1, -0.05) is 6.92 Å². The van der Waals surface area contributed by atoms with Gasteiger partial charge in [0.05, 0.1) is 11.0 Å². The van der Waals surface area contributed by atoms with E-state index in [4.69, 9.17) is 0 Å². The minimum atomic E-state index is -1.08. The van der Waals surface area contributed by atoms with Crippen LogP contribution in [-0.4, -0.2) is 46.3 Å². The molecular formula is C13H25NO3. The molecule has 1 rings (SSSR count). The second-order valence-electron chi connectivity index (χ2n) is 5.66. The van der Waals surface area contributed by atoms with Gasteiger partial charge in [-0.2, -0.15) is 0 Å². The third kappa shape index (κ3) is 2.99. The van der Waals surface area contributed by atoms with Crippen LogP contribution >= 0.6 is 0 Å². The van der Waals surface area contributed by atoms with Crippen molar-refractivity contribution in [2.75, 3.05) is 19.6 Å². The van der Waals surface area contributed by atoms with Gasteiger partial charge in [0.25, 0.3) is 0 Å². The summed E-state index contributed by atoms with van der Waals surface area (Å²) in [5, 5.41) is 19.9. The monoisotopic (exact) mass is 243 g/mol. The first-order valence-electron chi connectivity index (χ1n) is 6.51. The Balaban J connectivity index is 2.75. The van der Waals surface area contributed by atoms with Crippen LogP contribution in [0.15, 0.2) is 0 Å². The molecule has 0 amide bonds. The van der Waals surface area contributed by atoms with Crippen molar-refractivity contribution in [3.05, 3.63) is 0 Å². The topological polar surface area (TPSA) is 60.8 Å². The average molecular weight is 243 g/mol. The van der Waals surface area contributed by atoms with E-state index in [1.54, 1.807) is 13.8 Å². The molecule has 1 heterocycles. The van der Waals surface area contributed by atoms with Crippen LogP contribution in [0.25, 0.3) is 0 Å². The number of nitrogens with zero attached hydrogens (tertiary/aromatic N) is 1. The maximum Gasteiger partial charge on any atom is 0.312 e. The molecule has 2 N–H and O–H groups in total. The minimum absolute atomic E-state index is 0.548. The predicted molar refractivity (Wildman–Crippen MR) is 66.9 cm³/mol. The molecule has 1 aliphatic heterocycles. The van der Waals surface area contributed by atoms with E-state index in [0.717, 1.165) is 32.5 Å². The molecule has 0 aromatic rings. The molecule has 4 heteroatoms. The summed E-state index contributed by atoms with van der Waals surface area (Å²) in [6.07, 6.45) is 3.09. The molecular weight excluding hydrogens is 218 g/mol. The normalized spacial score (nSPS) is 27.8. The van der Waals surface area contributed by atoms with Crippen LogP contribution < -0.4 is 0 Å². The first-order valence-corrected chi connectivity index (χ1v) is 6.51. The largest absolute Gasteiger partial charge is 0.481 e. The summed E-state index contributed by atoms with van der Waals surface area (Å²) >= 11 is 0. The maximum atomic E-state index is 11.3. The van der Waals surface area contributed by atoms with Gasteiger partial charge in [-0.25, -0.2) is 0 Å². The quantitative estimate of drug-likeness (QED) is 0.789. The van der Waals surface area contributed by atoms with E-state index in [1.807, 2.05) is 0 Å². The predicted octanol–water partition coefficient (Wildman–Crippen LogP) is 1.72. The van der Waals surface area contributed by atoms with Crippen molar-refractivity contribution >= 4 is 5.97 Å². The number of carboxylic acid groups (broad SMARTS) is 1. The van der Waals surface area contributed by atoms with E-state index in [1.165, 1.54) is 0 Å². The summed E-state index contributed by atoms with van der Waals surface area (Å²) in [6, 6.07) is 0. The van der Waals surface area contributed by atoms with Crippen molar-refractivity contribution in [2.24, 2.45) is 5.41 Å². The van der Waals surface area contributed by atoms with E-state index >= 15 is 0 Å². The van der Waals surface area contributed by atoms with Crippen LogP contribution in [0.5, 0.6) is 0 Å². The van der Waals surface area contributed by atoms with Crippen molar-refractivity contribution in [2.45, 2.75) is 52.1 Å². The number of likely N-dealkylation sites (tertiary alicyclic amines) is 1. The van der Waals surface area contributed by atoms with Gasteiger partial charge in [0.1, 0.15) is 0 Å². The molecule has 0 aliphatic carbocycles. The molecule has 0 bridgehead atoms. The highest BCUT2D eigenvalue weighted by Gasteiger charge is 2.49. The Morgan fingerprint density at radius 3 is 2.53 bits per heavy atom. The first-order chi connectivity index (χ1) is 7.83. The van der Waals surface area contributed by atoms with Gasteiger partial charge in [0.15, 0.2) is 0 Å². The molecule has 0 aromatic heterocycles. The second-order valence-corrected chi connectivity index (χ2v) is 5.66. The zero-order valence-corrected chi connectivity index (χ0v) is 11.2. The molecule has 1 atom stereocenters. The highest BCUT2D eigenvalue weighted by atomic mass is 16.4. The molecule has 0 radical (unpaired) electrons. The summed E-state index contributed by atoms with van der Waals surface area (Å²) in [6.45, 7) is 8.18. The highest BCUT2D eigenvalue weighted by molar-refractivity contribution is 5.75. The molecule has 0 aromatic carbocycles. The van der Waals surface area contributed by atoms with Gasteiger partial charge in [-0.3, -0.25) is 4.79 Å². The molecule has 1 unspecified atom stereocenters. The van der Waals surface area contributed by atoms with Crippen LogP contribution in [0.1, 0.15) is 46.5 Å². The number of aliphatic carboxylic acids is 1. The minimum Gasteiger partial charge on any atom is -0.481 e. The number of aliphatic hydroxyl groups is 1. The van der Waals surface area contributed by atoms with Gasteiger partial charge in [0.2, 0.25) is 0 Å². The number of hydrogen-bond donors (Lipinski definition) is 2. The summed E-state index contributed by atoms with van der Waals surface area (Å²) in [5.41, 5.74) is -2.16. The highest BCUT2D eigenvalue weighted by Crippen LogP contribution is 2.39. The Kier molecular flexibility index (Phi) is 4.55. The number of carbonyl (C=O) groups is 1. The maximum absolute atomic E-state index is 11.3. The average Bonchev–Trinajstić information content (AvgIpc) is 2.43. The van der Waals surface area contributed by atoms with Crippen LogP contribution in [0.2, 0.25) is 0 Å². The Hall–Kier alpha value is -0.610. The van der Waals surface area contributed by atoms with Crippen molar-refractivity contribution in [3.8, 4) is 0 Å². The van der Waals surface area contributed by atoms with Gasteiger partial charge in [-0.15, -0.1) is 0 Å². The van der Waals surface area contributed by atoms with Gasteiger partial charge in [0, 0.05) is 6.54 Å². The Bertz CT molecular complexity index is 278. The van der Waals surface area contributed by atoms with Crippen molar-refractivity contribution in [1.29, 1.82) is 0 Å². The lowest BCUT2D eigenvalue weighted by atomic mass is 9.71. The van der Waals surface area contributed by atoms with Crippen molar-refractivity contribution < 1.29 is 15.0 Å². The zero-order valence-electron chi connectivity index (χ0n) is 11.2. The van der Waals surface area contributed by atoms with E-state index in [9.17, 15) is 15.0 Å². The number of rotatable bonds is 4. The third-order valence-electron chi connectivity index (χ3n) is 4.14. The van der Waals surface area contributed by atoms with Gasteiger partial charge >= 0.3 is 5.97 Å². The van der Waals surface area contributed by atoms with E-state index in [2.05, 4.69) is 11.8 Å². The molecule has 17 heavy (non-hydrogen) atoms. The summed E-state index contributed by atoms with van der Waals surface area (Å²) < 4.78 is 0. The summed E-state index contributed by atoms with van der Waals surface area (Å²) in [5.74, 6) is -0.913. The Labute approximate surface area is 104 Å². The fourth-order valence-corrected chi connectivity index (χ4v) is 2.54. The fourth-order valence-electron chi connectivity index (χ4n) is 2.54. The summed E-state index contributed by atoms with van der Waals surface area (Å²) in [7, 11) is 0. The lowest BCUT2D eigenvalue weighted by Crippen LogP contribution is -2.50. The molecule has 0 saturated carbocycles. The molecule has 1 fully saturated rings. The van der Waals surface area contributed by atoms with E-state index in [-0.39, 0.29) is 0 Å². The SMILES string of the molecule is CCCN1CCCC(O)(C(C)(C)C(=O)O)CC1. The number of carboxylic acids is 1. The zero-order chi connectivity index (χ0) is 13.1. The van der Waals surface area contributed by atoms with E-state index < -0.39 is 17.0 Å². The lowest BCUT2D eigenvalue weighted by Gasteiger charge is -2.39. The van der Waals surface area contributed by atoms with Gasteiger partial charge < -0.3 is 15.1 Å². The van der Waals surface area contributed by atoms with Crippen LogP contribution in [0.3, 0.4) is 0 Å². The molecule has 1 saturated heterocycles. The fraction of sp³-hybridized carbons (Fsp3) is 0.923. The number of hydrogen-bond acceptors (Lipinski definition) is 3. The van der Waals surface area contributed by atoms with Crippen LogP contribution in [0.4, 0.5) is 0 Å². The van der Waals surface area contributed by atoms with E-state index in [0.29, 0.717) is 12.8 Å². The van der Waals surface area contributed by atoms with Crippen molar-refractivity contribution in [3.63, 3.8) is 0 Å². The standard InChI is InChI=1S/C13H25NO3/c1-4-8-14-9-5-6-13(17,7-10-14)12(2,3)11(15)16/h17H,4-10H2,1-3H3,(H,15,16). The Morgan fingerprint density at radius 1 is 1.35 bits per heavy atom. The molecule has 4 nitrogen and oxygen atoms in total. The molecule has 1 aliphatic rings. The molecule has 100 valence electrons. The second kappa shape index (κ2) is 5.36. The van der Waals surface area contributed by atoms with Crippen LogP contribution in [0, 0.1) is 5.41 Å². The third-order valence-corrected chi connectivity index (χ3v) is 4.14. The first kappa shape index (κ1) is 14.5. The van der Waals surface area contributed by atoms with Gasteiger partial charge in [-0.05, 0) is 52.6 Å².